The fourth-order valence-corrected chi connectivity index (χ4v) is 5.14. The van der Waals surface area contributed by atoms with E-state index in [0.717, 1.165) is 11.3 Å². The Morgan fingerprint density at radius 2 is 1.94 bits per heavy atom. The van der Waals surface area contributed by atoms with Crippen molar-refractivity contribution in [2.45, 2.75) is 32.1 Å². The number of anilines is 1. The van der Waals surface area contributed by atoms with E-state index in [0.29, 0.717) is 40.2 Å². The second kappa shape index (κ2) is 7.90. The maximum absolute atomic E-state index is 13.1. The summed E-state index contributed by atoms with van der Waals surface area (Å²) in [4.78, 5) is 36.6. The molecule has 0 saturated carbocycles. The number of nitro groups is 2. The topological polar surface area (TPSA) is 156 Å². The quantitative estimate of drug-likeness (QED) is 0.536. The molecule has 0 unspecified atom stereocenters. The normalized spacial score (nSPS) is 18.4. The maximum atomic E-state index is 13.1. The molecule has 1 aromatic carbocycles. The average Bonchev–Trinajstić information content (AvgIpc) is 3.24. The molecule has 2 aliphatic rings. The van der Waals surface area contributed by atoms with Crippen molar-refractivity contribution in [2.24, 2.45) is 5.73 Å². The standard InChI is InChI=1S/C21H17N5O5S/c1-11-5-6-12(25(28)29)9-15(11)24-14-3-2-4-16(27)20(14)19(13(10-22)21(24)23)17-7-8-18(32-17)26(30)31/h5-9,19H,2-4,23H2,1H3/t19-/m1/s1. The molecule has 0 fully saturated rings. The van der Waals surface area contributed by atoms with E-state index in [9.17, 15) is 30.3 Å². The second-order valence-corrected chi connectivity index (χ2v) is 8.57. The highest BCUT2D eigenvalue weighted by molar-refractivity contribution is 7.15. The number of nitrogens with zero attached hydrogens (tertiary/aromatic N) is 4. The van der Waals surface area contributed by atoms with Gasteiger partial charge in [-0.1, -0.05) is 17.4 Å². The minimum atomic E-state index is -0.809. The minimum absolute atomic E-state index is 0.0607. The fourth-order valence-electron chi connectivity index (χ4n) is 4.19. The van der Waals surface area contributed by atoms with Crippen LogP contribution in [0.5, 0.6) is 0 Å². The molecule has 2 aromatic rings. The Labute approximate surface area is 186 Å². The van der Waals surface area contributed by atoms with Crippen LogP contribution >= 0.6 is 11.3 Å². The van der Waals surface area contributed by atoms with Crippen LogP contribution in [0.2, 0.25) is 0 Å². The number of rotatable bonds is 4. The first-order valence-corrected chi connectivity index (χ1v) is 10.5. The zero-order chi connectivity index (χ0) is 23.2. The van der Waals surface area contributed by atoms with Gasteiger partial charge in [0.1, 0.15) is 5.82 Å². The number of hydrogen-bond acceptors (Lipinski definition) is 9. The van der Waals surface area contributed by atoms with E-state index in [-0.39, 0.29) is 34.3 Å². The summed E-state index contributed by atoms with van der Waals surface area (Å²) in [5.41, 5.74) is 8.43. The van der Waals surface area contributed by atoms with E-state index in [1.54, 1.807) is 24.0 Å². The summed E-state index contributed by atoms with van der Waals surface area (Å²) in [7, 11) is 0. The summed E-state index contributed by atoms with van der Waals surface area (Å²) in [6.07, 6.45) is 1.32. The molecule has 0 spiro atoms. The fraction of sp³-hybridized carbons (Fsp3) is 0.238. The Kier molecular flexibility index (Phi) is 5.23. The number of carbonyl (C=O) groups excluding carboxylic acids is 1. The number of benzene rings is 1. The van der Waals surface area contributed by atoms with Crippen LogP contribution in [0.25, 0.3) is 0 Å². The molecule has 2 heterocycles. The molecule has 1 aliphatic carbocycles. The summed E-state index contributed by atoms with van der Waals surface area (Å²) in [6.45, 7) is 1.76. The second-order valence-electron chi connectivity index (χ2n) is 7.48. The van der Waals surface area contributed by atoms with Crippen molar-refractivity contribution in [1.29, 1.82) is 5.26 Å². The van der Waals surface area contributed by atoms with Crippen LogP contribution in [0.4, 0.5) is 16.4 Å². The molecule has 0 amide bonds. The average molecular weight is 451 g/mol. The third-order valence-corrected chi connectivity index (χ3v) is 6.74. The minimum Gasteiger partial charge on any atom is -0.384 e. The number of hydrogen-bond donors (Lipinski definition) is 1. The number of thiophene rings is 1. The molecule has 0 bridgehead atoms. The van der Waals surface area contributed by atoms with Crippen molar-refractivity contribution in [3.8, 4) is 6.07 Å². The molecule has 0 saturated heterocycles. The molecule has 2 N–H and O–H groups in total. The van der Waals surface area contributed by atoms with Crippen molar-refractivity contribution in [3.63, 3.8) is 0 Å². The molecule has 1 atom stereocenters. The smallest absolute Gasteiger partial charge is 0.324 e. The van der Waals surface area contributed by atoms with Crippen LogP contribution in [0, 0.1) is 38.5 Å². The Morgan fingerprint density at radius 3 is 2.56 bits per heavy atom. The van der Waals surface area contributed by atoms with E-state index in [2.05, 4.69) is 6.07 Å². The number of allylic oxidation sites excluding steroid dienone is 3. The van der Waals surface area contributed by atoms with Crippen LogP contribution in [-0.2, 0) is 4.79 Å². The molecule has 162 valence electrons. The van der Waals surface area contributed by atoms with Gasteiger partial charge in [0.25, 0.3) is 5.69 Å². The molecular weight excluding hydrogens is 434 g/mol. The van der Waals surface area contributed by atoms with E-state index in [1.165, 1.54) is 18.2 Å². The summed E-state index contributed by atoms with van der Waals surface area (Å²) in [5.74, 6) is -0.914. The lowest BCUT2D eigenvalue weighted by Crippen LogP contribution is -2.38. The van der Waals surface area contributed by atoms with Crippen LogP contribution < -0.4 is 10.6 Å². The first kappa shape index (κ1) is 21.2. The van der Waals surface area contributed by atoms with Crippen molar-refractivity contribution >= 4 is 33.5 Å². The molecular formula is C21H17N5O5S. The van der Waals surface area contributed by atoms with Crippen molar-refractivity contribution in [2.75, 3.05) is 4.90 Å². The van der Waals surface area contributed by atoms with Crippen LogP contribution in [0.3, 0.4) is 0 Å². The number of nitriles is 1. The maximum Gasteiger partial charge on any atom is 0.324 e. The third-order valence-electron chi connectivity index (χ3n) is 5.63. The lowest BCUT2D eigenvalue weighted by Gasteiger charge is -2.39. The van der Waals surface area contributed by atoms with Gasteiger partial charge in [-0.2, -0.15) is 5.26 Å². The van der Waals surface area contributed by atoms with Gasteiger partial charge in [0.15, 0.2) is 5.78 Å². The summed E-state index contributed by atoms with van der Waals surface area (Å²) in [6, 6.07) is 9.30. The number of aryl methyl sites for hydroxylation is 1. The number of non-ortho nitro benzene ring substituents is 1. The highest BCUT2D eigenvalue weighted by atomic mass is 32.1. The summed E-state index contributed by atoms with van der Waals surface area (Å²) in [5, 5.41) is 32.4. The predicted molar refractivity (Wildman–Crippen MR) is 117 cm³/mol. The van der Waals surface area contributed by atoms with Crippen molar-refractivity contribution in [3.05, 3.63) is 83.7 Å². The molecule has 32 heavy (non-hydrogen) atoms. The largest absolute Gasteiger partial charge is 0.384 e. The van der Waals surface area contributed by atoms with Crippen molar-refractivity contribution < 1.29 is 14.6 Å². The van der Waals surface area contributed by atoms with Crippen molar-refractivity contribution in [1.82, 2.24) is 0 Å². The van der Waals surface area contributed by atoms with Gasteiger partial charge in [-0.3, -0.25) is 29.9 Å². The molecule has 1 aromatic heterocycles. The van der Waals surface area contributed by atoms with E-state index < -0.39 is 15.8 Å². The number of nitro benzene ring substituents is 1. The van der Waals surface area contributed by atoms with Crippen LogP contribution in [0.1, 0.15) is 35.6 Å². The molecule has 4 rings (SSSR count). The van der Waals surface area contributed by atoms with E-state index >= 15 is 0 Å². The van der Waals surface area contributed by atoms with Gasteiger partial charge in [0, 0.05) is 40.8 Å². The zero-order valence-electron chi connectivity index (χ0n) is 16.9. The number of ketones is 1. The lowest BCUT2D eigenvalue weighted by atomic mass is 9.78. The van der Waals surface area contributed by atoms with Crippen LogP contribution in [0.15, 0.2) is 53.0 Å². The Bertz CT molecular complexity index is 1290. The van der Waals surface area contributed by atoms with Gasteiger partial charge in [-0.05, 0) is 31.4 Å². The Hall–Kier alpha value is -4.04. The summed E-state index contributed by atoms with van der Waals surface area (Å²) < 4.78 is 0. The van der Waals surface area contributed by atoms with E-state index in [4.69, 9.17) is 5.73 Å². The van der Waals surface area contributed by atoms with Gasteiger partial charge < -0.3 is 5.73 Å². The number of nitrogens with two attached hydrogens (primary N) is 1. The van der Waals surface area contributed by atoms with Gasteiger partial charge in [-0.25, -0.2) is 0 Å². The summed E-state index contributed by atoms with van der Waals surface area (Å²) >= 11 is 0.899. The monoisotopic (exact) mass is 451 g/mol. The molecule has 0 radical (unpaired) electrons. The SMILES string of the molecule is Cc1ccc([N+](=O)[O-])cc1N1C(N)=C(C#N)[C@H](c2ccc([N+](=O)[O-])s2)C2=C1CCCC2=O. The zero-order valence-corrected chi connectivity index (χ0v) is 17.7. The highest BCUT2D eigenvalue weighted by Gasteiger charge is 2.41. The third kappa shape index (κ3) is 3.30. The Balaban J connectivity index is 1.98. The lowest BCUT2D eigenvalue weighted by molar-refractivity contribution is -0.384. The first-order valence-electron chi connectivity index (χ1n) is 9.69. The highest BCUT2D eigenvalue weighted by Crippen LogP contribution is 2.49. The number of Topliss-reactive ketones (excluding diaryl/α,β-unsaturated/α-hetero) is 1. The predicted octanol–water partition coefficient (Wildman–Crippen LogP) is 4.18. The molecule has 1 aliphatic heterocycles. The Morgan fingerprint density at radius 1 is 1.19 bits per heavy atom. The van der Waals surface area contributed by atoms with Gasteiger partial charge in [0.2, 0.25) is 0 Å². The van der Waals surface area contributed by atoms with Gasteiger partial charge in [-0.15, -0.1) is 0 Å². The van der Waals surface area contributed by atoms with Gasteiger partial charge in [0.05, 0.1) is 33.1 Å². The first-order chi connectivity index (χ1) is 15.2. The molecule has 10 nitrogen and oxygen atoms in total. The van der Waals surface area contributed by atoms with Gasteiger partial charge >= 0.3 is 5.00 Å². The van der Waals surface area contributed by atoms with E-state index in [1.807, 2.05) is 0 Å². The van der Waals surface area contributed by atoms with Crippen LogP contribution in [-0.4, -0.2) is 15.6 Å². The molecule has 11 heteroatoms. The number of carbonyl (C=O) groups is 1.